The van der Waals surface area contributed by atoms with Crippen LogP contribution >= 0.6 is 11.6 Å². The molecule has 26 heavy (non-hydrogen) atoms. The smallest absolute Gasteiger partial charge is 0.271 e. The van der Waals surface area contributed by atoms with Crippen LogP contribution in [0.3, 0.4) is 0 Å². The topological polar surface area (TPSA) is 50.7 Å². The first kappa shape index (κ1) is 17.7. The highest BCUT2D eigenvalue weighted by molar-refractivity contribution is 6.30. The van der Waals surface area contributed by atoms with Crippen molar-refractivity contribution in [3.63, 3.8) is 0 Å². The molecule has 0 radical (unpaired) electrons. The molecule has 0 saturated carbocycles. The molecule has 130 valence electrons. The predicted octanol–water partition coefficient (Wildman–Crippen LogP) is 4.68. The Kier molecular flexibility index (Phi) is 6.01. The molecule has 5 heteroatoms. The van der Waals surface area contributed by atoms with Crippen LogP contribution in [0.1, 0.15) is 21.5 Å². The molecule has 0 aliphatic heterocycles. The molecule has 0 aromatic heterocycles. The van der Waals surface area contributed by atoms with E-state index in [0.717, 1.165) is 16.9 Å². The lowest BCUT2D eigenvalue weighted by Crippen LogP contribution is -2.17. The maximum absolute atomic E-state index is 12.0. The minimum absolute atomic E-state index is 0.297. The fourth-order valence-corrected chi connectivity index (χ4v) is 2.38. The van der Waals surface area contributed by atoms with Gasteiger partial charge in [0.25, 0.3) is 5.91 Å². The summed E-state index contributed by atoms with van der Waals surface area (Å²) in [5.74, 6) is 0.441. The summed E-state index contributed by atoms with van der Waals surface area (Å²) >= 11 is 5.81. The summed E-state index contributed by atoms with van der Waals surface area (Å²) < 4.78 is 5.78. The van der Waals surface area contributed by atoms with Gasteiger partial charge in [-0.05, 0) is 47.5 Å². The van der Waals surface area contributed by atoms with Crippen molar-refractivity contribution in [3.8, 4) is 5.75 Å². The number of hydrazone groups is 1. The van der Waals surface area contributed by atoms with Crippen LogP contribution in [0.5, 0.6) is 5.75 Å². The molecule has 4 nitrogen and oxygen atoms in total. The van der Waals surface area contributed by atoms with Gasteiger partial charge in [-0.25, -0.2) is 5.43 Å². The highest BCUT2D eigenvalue weighted by Gasteiger charge is 2.03. The minimum atomic E-state index is -0.297. The van der Waals surface area contributed by atoms with Gasteiger partial charge >= 0.3 is 0 Å². The predicted molar refractivity (Wildman–Crippen MR) is 104 cm³/mol. The third kappa shape index (κ3) is 5.19. The Morgan fingerprint density at radius 1 is 1.00 bits per heavy atom. The molecule has 1 amide bonds. The number of ether oxygens (including phenoxy) is 1. The first-order valence-corrected chi connectivity index (χ1v) is 8.44. The number of amides is 1. The van der Waals surface area contributed by atoms with Crippen molar-refractivity contribution < 1.29 is 9.53 Å². The van der Waals surface area contributed by atoms with Crippen molar-refractivity contribution in [3.05, 3.63) is 101 Å². The number of benzene rings is 3. The van der Waals surface area contributed by atoms with Crippen LogP contribution in [0.4, 0.5) is 0 Å². The average molecular weight is 365 g/mol. The van der Waals surface area contributed by atoms with Gasteiger partial charge < -0.3 is 4.74 Å². The number of carbonyl (C=O) groups excluding carboxylic acids is 1. The van der Waals surface area contributed by atoms with E-state index in [9.17, 15) is 4.79 Å². The van der Waals surface area contributed by atoms with E-state index in [1.165, 1.54) is 0 Å². The zero-order valence-corrected chi connectivity index (χ0v) is 14.7. The Bertz CT molecular complexity index is 893. The number of nitrogens with one attached hydrogen (secondary N) is 1. The van der Waals surface area contributed by atoms with Crippen LogP contribution in [0.15, 0.2) is 84.0 Å². The third-order valence-corrected chi connectivity index (χ3v) is 3.84. The zero-order chi connectivity index (χ0) is 18.2. The van der Waals surface area contributed by atoms with E-state index in [1.54, 1.807) is 30.5 Å². The molecule has 0 heterocycles. The number of hydrogen-bond acceptors (Lipinski definition) is 3. The first-order valence-electron chi connectivity index (χ1n) is 8.06. The second-order valence-corrected chi connectivity index (χ2v) is 5.99. The van der Waals surface area contributed by atoms with Gasteiger partial charge in [0.1, 0.15) is 12.4 Å². The molecule has 0 aliphatic carbocycles. The van der Waals surface area contributed by atoms with Gasteiger partial charge in [-0.1, -0.05) is 54.1 Å². The van der Waals surface area contributed by atoms with Crippen molar-refractivity contribution in [2.75, 3.05) is 0 Å². The molecule has 0 saturated heterocycles. The van der Waals surface area contributed by atoms with E-state index in [0.29, 0.717) is 17.2 Å². The second kappa shape index (κ2) is 8.83. The second-order valence-electron chi connectivity index (χ2n) is 5.55. The SMILES string of the molecule is O=C(NN=Cc1cccc(OCc2ccccc2)c1)c1ccc(Cl)cc1. The summed E-state index contributed by atoms with van der Waals surface area (Å²) in [5.41, 5.74) is 4.91. The summed E-state index contributed by atoms with van der Waals surface area (Å²) in [7, 11) is 0. The van der Waals surface area contributed by atoms with Crippen molar-refractivity contribution in [2.24, 2.45) is 5.10 Å². The Labute approximate surface area is 157 Å². The van der Waals surface area contributed by atoms with E-state index < -0.39 is 0 Å². The zero-order valence-electron chi connectivity index (χ0n) is 13.9. The number of rotatable bonds is 6. The molecule has 3 aromatic carbocycles. The summed E-state index contributed by atoms with van der Waals surface area (Å²) in [5, 5.41) is 4.57. The molecule has 0 aliphatic rings. The van der Waals surface area contributed by atoms with Gasteiger partial charge in [-0.15, -0.1) is 0 Å². The lowest BCUT2D eigenvalue weighted by Gasteiger charge is -2.06. The maximum atomic E-state index is 12.0. The molecular formula is C21H17ClN2O2. The monoisotopic (exact) mass is 364 g/mol. The number of hydrogen-bond donors (Lipinski definition) is 1. The molecule has 0 fully saturated rings. The molecule has 1 N–H and O–H groups in total. The van der Waals surface area contributed by atoms with Crippen LogP contribution in [-0.4, -0.2) is 12.1 Å². The first-order chi connectivity index (χ1) is 12.7. The Hall–Kier alpha value is -3.11. The van der Waals surface area contributed by atoms with E-state index in [1.807, 2.05) is 54.6 Å². The molecule has 0 unspecified atom stereocenters. The minimum Gasteiger partial charge on any atom is -0.489 e. The van der Waals surface area contributed by atoms with Crippen LogP contribution in [0.25, 0.3) is 0 Å². The molecule has 3 rings (SSSR count). The van der Waals surface area contributed by atoms with Crippen molar-refractivity contribution in [2.45, 2.75) is 6.61 Å². The van der Waals surface area contributed by atoms with E-state index >= 15 is 0 Å². The van der Waals surface area contributed by atoms with Crippen LogP contribution in [0.2, 0.25) is 5.02 Å². The van der Waals surface area contributed by atoms with E-state index in [2.05, 4.69) is 10.5 Å². The average Bonchev–Trinajstić information content (AvgIpc) is 2.68. The molecule has 0 spiro atoms. The van der Waals surface area contributed by atoms with Crippen LogP contribution in [-0.2, 0) is 6.61 Å². The Morgan fingerprint density at radius 3 is 2.54 bits per heavy atom. The summed E-state index contributed by atoms with van der Waals surface area (Å²) in [6.45, 7) is 0.495. The number of halogens is 1. The highest BCUT2D eigenvalue weighted by Crippen LogP contribution is 2.14. The summed E-state index contributed by atoms with van der Waals surface area (Å²) in [6.07, 6.45) is 1.57. The van der Waals surface area contributed by atoms with Gasteiger partial charge in [-0.3, -0.25) is 4.79 Å². The number of carbonyl (C=O) groups is 1. The highest BCUT2D eigenvalue weighted by atomic mass is 35.5. The van der Waals surface area contributed by atoms with Gasteiger partial charge in [0, 0.05) is 10.6 Å². The summed E-state index contributed by atoms with van der Waals surface area (Å²) in [4.78, 5) is 12.0. The van der Waals surface area contributed by atoms with Crippen molar-refractivity contribution in [1.29, 1.82) is 0 Å². The molecule has 0 atom stereocenters. The van der Waals surface area contributed by atoms with Crippen LogP contribution < -0.4 is 10.2 Å². The lowest BCUT2D eigenvalue weighted by atomic mass is 10.2. The maximum Gasteiger partial charge on any atom is 0.271 e. The van der Waals surface area contributed by atoms with Gasteiger partial charge in [-0.2, -0.15) is 5.10 Å². The van der Waals surface area contributed by atoms with E-state index in [-0.39, 0.29) is 5.91 Å². The lowest BCUT2D eigenvalue weighted by molar-refractivity contribution is 0.0955. The van der Waals surface area contributed by atoms with Crippen molar-refractivity contribution in [1.82, 2.24) is 5.43 Å². The largest absolute Gasteiger partial charge is 0.489 e. The van der Waals surface area contributed by atoms with Gasteiger partial charge in [0.05, 0.1) is 6.21 Å². The van der Waals surface area contributed by atoms with Gasteiger partial charge in [0.2, 0.25) is 0 Å². The molecule has 0 bridgehead atoms. The van der Waals surface area contributed by atoms with E-state index in [4.69, 9.17) is 16.3 Å². The standard InChI is InChI=1S/C21H17ClN2O2/c22-19-11-9-18(10-12-19)21(25)24-23-14-17-7-4-8-20(13-17)26-15-16-5-2-1-3-6-16/h1-14H,15H2,(H,24,25). The Balaban J connectivity index is 1.56. The molecular weight excluding hydrogens is 348 g/mol. The molecule has 3 aromatic rings. The van der Waals surface area contributed by atoms with Crippen molar-refractivity contribution >= 4 is 23.7 Å². The fourth-order valence-electron chi connectivity index (χ4n) is 2.26. The van der Waals surface area contributed by atoms with Crippen LogP contribution in [0, 0.1) is 0 Å². The fraction of sp³-hybridized carbons (Fsp3) is 0.0476. The summed E-state index contributed by atoms with van der Waals surface area (Å²) in [6, 6.07) is 24.1. The normalized spacial score (nSPS) is 10.7. The number of nitrogens with zero attached hydrogens (tertiary/aromatic N) is 1. The third-order valence-electron chi connectivity index (χ3n) is 3.59. The quantitative estimate of drug-likeness (QED) is 0.510. The Morgan fingerprint density at radius 2 is 1.77 bits per heavy atom. The van der Waals surface area contributed by atoms with Gasteiger partial charge in [0.15, 0.2) is 0 Å².